The van der Waals surface area contributed by atoms with E-state index in [4.69, 9.17) is 11.6 Å². The highest BCUT2D eigenvalue weighted by Gasteiger charge is 2.25. The van der Waals surface area contributed by atoms with Crippen molar-refractivity contribution in [3.05, 3.63) is 45.4 Å². The zero-order chi connectivity index (χ0) is 13.1. The van der Waals surface area contributed by atoms with Gasteiger partial charge in [-0.2, -0.15) is 0 Å². The molecule has 1 amide bonds. The number of carbonyl (C=O) groups excluding carboxylic acids is 1. The van der Waals surface area contributed by atoms with E-state index in [2.05, 4.69) is 20.0 Å². The molecular formula is C9H5ClN4O4. The van der Waals surface area contributed by atoms with Crippen molar-refractivity contribution in [3.8, 4) is 0 Å². The first kappa shape index (κ1) is 12.0. The lowest BCUT2D eigenvalue weighted by atomic mass is 10.2. The maximum atomic E-state index is 11.8. The van der Waals surface area contributed by atoms with Gasteiger partial charge in [-0.05, 0) is 6.07 Å². The fourth-order valence-corrected chi connectivity index (χ4v) is 1.47. The second-order valence-corrected chi connectivity index (χ2v) is 3.45. The van der Waals surface area contributed by atoms with Crippen LogP contribution in [0.4, 0.5) is 11.5 Å². The lowest BCUT2D eigenvalue weighted by Crippen LogP contribution is -2.14. The molecule has 0 saturated heterocycles. The molecule has 9 heteroatoms. The molecule has 0 aliphatic rings. The second-order valence-electron chi connectivity index (χ2n) is 3.09. The monoisotopic (exact) mass is 268 g/mol. The van der Waals surface area contributed by atoms with Crippen LogP contribution in [0.1, 0.15) is 10.4 Å². The molecule has 2 aromatic heterocycles. The Bertz CT molecular complexity index is 599. The molecule has 92 valence electrons. The Hall–Kier alpha value is -2.48. The van der Waals surface area contributed by atoms with Gasteiger partial charge in [0.2, 0.25) is 5.15 Å². The topological polar surface area (TPSA) is 111 Å². The van der Waals surface area contributed by atoms with E-state index in [-0.39, 0.29) is 16.5 Å². The molecule has 0 aliphatic carbocycles. The van der Waals surface area contributed by atoms with Crippen LogP contribution >= 0.6 is 11.6 Å². The lowest BCUT2D eigenvalue weighted by Gasteiger charge is -2.03. The van der Waals surface area contributed by atoms with E-state index in [1.807, 2.05) is 0 Å². The van der Waals surface area contributed by atoms with Crippen LogP contribution in [0.3, 0.4) is 0 Å². The zero-order valence-corrected chi connectivity index (χ0v) is 9.42. The smallest absolute Gasteiger partial charge is 0.319 e. The maximum Gasteiger partial charge on any atom is 0.319 e. The summed E-state index contributed by atoms with van der Waals surface area (Å²) < 4.78 is 4.52. The van der Waals surface area contributed by atoms with E-state index < -0.39 is 16.5 Å². The van der Waals surface area contributed by atoms with Gasteiger partial charge in [-0.1, -0.05) is 16.8 Å². The van der Waals surface area contributed by atoms with Crippen LogP contribution in [0.25, 0.3) is 0 Å². The predicted octanol–water partition coefficient (Wildman–Crippen LogP) is 1.88. The van der Waals surface area contributed by atoms with Gasteiger partial charge < -0.3 is 9.84 Å². The molecular weight excluding hydrogens is 264 g/mol. The maximum absolute atomic E-state index is 11.8. The predicted molar refractivity (Wildman–Crippen MR) is 60.4 cm³/mol. The number of halogens is 1. The largest absolute Gasteiger partial charge is 0.363 e. The van der Waals surface area contributed by atoms with Crippen LogP contribution in [-0.2, 0) is 0 Å². The summed E-state index contributed by atoms with van der Waals surface area (Å²) >= 11 is 5.58. The number of nitro groups is 1. The first-order valence-electron chi connectivity index (χ1n) is 4.60. The van der Waals surface area contributed by atoms with Gasteiger partial charge in [-0.25, -0.2) is 4.98 Å². The number of nitrogens with one attached hydrogen (secondary N) is 1. The number of rotatable bonds is 3. The quantitative estimate of drug-likeness (QED) is 0.517. The number of hydrogen-bond donors (Lipinski definition) is 1. The number of amides is 1. The first-order valence-corrected chi connectivity index (χ1v) is 4.98. The fourth-order valence-electron chi connectivity index (χ4n) is 1.25. The molecule has 1 N–H and O–H groups in total. The van der Waals surface area contributed by atoms with Crippen LogP contribution in [-0.4, -0.2) is 21.0 Å². The zero-order valence-electron chi connectivity index (χ0n) is 8.66. The fraction of sp³-hybridized carbons (Fsp3) is 0. The van der Waals surface area contributed by atoms with E-state index in [9.17, 15) is 14.9 Å². The molecule has 0 saturated carbocycles. The summed E-state index contributed by atoms with van der Waals surface area (Å²) in [7, 11) is 0. The Morgan fingerprint density at radius 1 is 1.50 bits per heavy atom. The van der Waals surface area contributed by atoms with Gasteiger partial charge >= 0.3 is 5.69 Å². The third kappa shape index (κ3) is 2.28. The third-order valence-corrected chi connectivity index (χ3v) is 2.26. The van der Waals surface area contributed by atoms with Crippen molar-refractivity contribution in [3.63, 3.8) is 0 Å². The van der Waals surface area contributed by atoms with Gasteiger partial charge in [-0.15, -0.1) is 0 Å². The van der Waals surface area contributed by atoms with Crippen molar-refractivity contribution < 1.29 is 14.2 Å². The molecule has 0 aliphatic heterocycles. The van der Waals surface area contributed by atoms with Crippen LogP contribution in [0, 0.1) is 10.1 Å². The molecule has 0 atom stereocenters. The van der Waals surface area contributed by atoms with E-state index in [0.717, 1.165) is 0 Å². The summed E-state index contributed by atoms with van der Waals surface area (Å²) in [6, 6.07) is 2.59. The van der Waals surface area contributed by atoms with Crippen molar-refractivity contribution in [2.45, 2.75) is 0 Å². The number of anilines is 1. The lowest BCUT2D eigenvalue weighted by molar-refractivity contribution is -0.385. The first-order chi connectivity index (χ1) is 8.59. The van der Waals surface area contributed by atoms with Gasteiger partial charge in [0.25, 0.3) is 5.91 Å². The molecule has 2 rings (SSSR count). The van der Waals surface area contributed by atoms with Crippen molar-refractivity contribution in [2.24, 2.45) is 0 Å². The van der Waals surface area contributed by atoms with Gasteiger partial charge in [0.05, 0.1) is 4.92 Å². The molecule has 8 nitrogen and oxygen atoms in total. The highest BCUT2D eigenvalue weighted by molar-refractivity contribution is 6.32. The van der Waals surface area contributed by atoms with Crippen LogP contribution in [0.15, 0.2) is 29.1 Å². The summed E-state index contributed by atoms with van der Waals surface area (Å²) in [5.41, 5.74) is -0.761. The van der Waals surface area contributed by atoms with Gasteiger partial charge in [-0.3, -0.25) is 14.9 Å². The number of carbonyl (C=O) groups is 1. The molecule has 2 heterocycles. The van der Waals surface area contributed by atoms with Crippen LogP contribution < -0.4 is 5.32 Å². The Kier molecular flexibility index (Phi) is 3.20. The minimum atomic E-state index is -0.771. The molecule has 0 fully saturated rings. The van der Waals surface area contributed by atoms with Gasteiger partial charge in [0, 0.05) is 12.3 Å². The average Bonchev–Trinajstić information content (AvgIpc) is 2.80. The van der Waals surface area contributed by atoms with E-state index in [1.165, 1.54) is 24.6 Å². The molecule has 0 unspecified atom stereocenters. The Morgan fingerprint density at radius 3 is 2.89 bits per heavy atom. The summed E-state index contributed by atoms with van der Waals surface area (Å²) in [5, 5.41) is 16.2. The van der Waals surface area contributed by atoms with Gasteiger partial charge in [0.15, 0.2) is 5.82 Å². The number of hydrogen-bond acceptors (Lipinski definition) is 6. The van der Waals surface area contributed by atoms with E-state index >= 15 is 0 Å². The standard InChI is InChI=1S/C9H5ClN4O4/c10-8-7(14(16)17)5(1-3-11-8)9(15)12-6-2-4-18-13-6/h1-4H,(H,12,13,15). The number of pyridine rings is 1. The molecule has 0 aromatic carbocycles. The average molecular weight is 269 g/mol. The second kappa shape index (κ2) is 4.80. The van der Waals surface area contributed by atoms with Crippen molar-refractivity contribution in [2.75, 3.05) is 5.32 Å². The SMILES string of the molecule is O=C(Nc1ccon1)c1ccnc(Cl)c1[N+](=O)[O-]. The normalized spacial score (nSPS) is 10.1. The molecule has 18 heavy (non-hydrogen) atoms. The number of aromatic nitrogens is 2. The molecule has 0 radical (unpaired) electrons. The van der Waals surface area contributed by atoms with Crippen molar-refractivity contribution in [1.29, 1.82) is 0 Å². The van der Waals surface area contributed by atoms with Crippen LogP contribution in [0.2, 0.25) is 5.15 Å². The minimum absolute atomic E-state index is 0.141. The van der Waals surface area contributed by atoms with Crippen molar-refractivity contribution in [1.82, 2.24) is 10.1 Å². The third-order valence-electron chi connectivity index (χ3n) is 1.99. The minimum Gasteiger partial charge on any atom is -0.363 e. The highest BCUT2D eigenvalue weighted by Crippen LogP contribution is 2.26. The van der Waals surface area contributed by atoms with E-state index in [1.54, 1.807) is 0 Å². The summed E-state index contributed by atoms with van der Waals surface area (Å²) in [6.07, 6.45) is 2.45. The Balaban J connectivity index is 2.36. The summed E-state index contributed by atoms with van der Waals surface area (Å²) in [6.45, 7) is 0. The van der Waals surface area contributed by atoms with Crippen LogP contribution in [0.5, 0.6) is 0 Å². The Labute approximate surface area is 105 Å². The van der Waals surface area contributed by atoms with E-state index in [0.29, 0.717) is 0 Å². The summed E-state index contributed by atoms with van der Waals surface area (Å²) in [4.78, 5) is 25.4. The Morgan fingerprint density at radius 2 is 2.28 bits per heavy atom. The molecule has 2 aromatic rings. The van der Waals surface area contributed by atoms with Crippen molar-refractivity contribution >= 4 is 29.0 Å². The highest BCUT2D eigenvalue weighted by atomic mass is 35.5. The van der Waals surface area contributed by atoms with Gasteiger partial charge in [0.1, 0.15) is 11.8 Å². The number of nitrogens with zero attached hydrogens (tertiary/aromatic N) is 3. The molecule has 0 spiro atoms. The summed E-state index contributed by atoms with van der Waals surface area (Å²) in [5.74, 6) is -0.581. The molecule has 0 bridgehead atoms.